The Morgan fingerprint density at radius 3 is 2.22 bits per heavy atom. The summed E-state index contributed by atoms with van der Waals surface area (Å²) in [5.41, 5.74) is 1.40. The van der Waals surface area contributed by atoms with E-state index in [9.17, 15) is 14.9 Å². The van der Waals surface area contributed by atoms with Gasteiger partial charge in [0.05, 0.1) is 16.6 Å². The lowest BCUT2D eigenvalue weighted by molar-refractivity contribution is -0.384. The molecule has 0 heterocycles. The van der Waals surface area contributed by atoms with Crippen molar-refractivity contribution in [2.45, 2.75) is 0 Å². The molecule has 0 aromatic heterocycles. The van der Waals surface area contributed by atoms with E-state index in [2.05, 4.69) is 5.32 Å². The van der Waals surface area contributed by atoms with E-state index in [0.29, 0.717) is 28.3 Å². The van der Waals surface area contributed by atoms with Crippen LogP contribution < -0.4 is 10.1 Å². The zero-order chi connectivity index (χ0) is 19.2. The third-order valence-electron chi connectivity index (χ3n) is 3.65. The van der Waals surface area contributed by atoms with Gasteiger partial charge in [-0.25, -0.2) is 0 Å². The number of nitriles is 1. The number of carbonyl (C=O) groups is 1. The highest BCUT2D eigenvalue weighted by Gasteiger charge is 2.08. The summed E-state index contributed by atoms with van der Waals surface area (Å²) in [6, 6.07) is 20.8. The minimum atomic E-state index is -0.483. The van der Waals surface area contributed by atoms with Crippen molar-refractivity contribution in [3.63, 3.8) is 0 Å². The largest absolute Gasteiger partial charge is 0.457 e. The fraction of sp³-hybridized carbons (Fsp3) is 0. The van der Waals surface area contributed by atoms with Crippen LogP contribution in [-0.4, -0.2) is 10.8 Å². The number of carbonyl (C=O) groups excluding carboxylic acids is 1. The number of ether oxygens (including phenoxy) is 1. The first kappa shape index (κ1) is 17.6. The second-order valence-electron chi connectivity index (χ2n) is 5.52. The normalized spacial score (nSPS) is 9.89. The van der Waals surface area contributed by atoms with Crippen LogP contribution in [0.25, 0.3) is 0 Å². The molecule has 0 aliphatic rings. The van der Waals surface area contributed by atoms with E-state index in [0.717, 1.165) is 0 Å². The average molecular weight is 359 g/mol. The van der Waals surface area contributed by atoms with E-state index in [4.69, 9.17) is 10.00 Å². The average Bonchev–Trinajstić information content (AvgIpc) is 2.69. The zero-order valence-electron chi connectivity index (χ0n) is 14.0. The topological polar surface area (TPSA) is 105 Å². The van der Waals surface area contributed by atoms with Crippen LogP contribution in [0.5, 0.6) is 11.5 Å². The molecular formula is C20H13N3O4. The van der Waals surface area contributed by atoms with Gasteiger partial charge < -0.3 is 10.1 Å². The lowest BCUT2D eigenvalue weighted by atomic mass is 10.2. The van der Waals surface area contributed by atoms with E-state index in [1.807, 2.05) is 6.07 Å². The Balaban J connectivity index is 1.66. The molecule has 0 aliphatic heterocycles. The Morgan fingerprint density at radius 1 is 1.00 bits per heavy atom. The second kappa shape index (κ2) is 7.80. The van der Waals surface area contributed by atoms with Crippen LogP contribution in [0.15, 0.2) is 72.8 Å². The van der Waals surface area contributed by atoms with Gasteiger partial charge in [-0.05, 0) is 54.6 Å². The van der Waals surface area contributed by atoms with Crippen molar-refractivity contribution in [1.82, 2.24) is 0 Å². The third-order valence-corrected chi connectivity index (χ3v) is 3.65. The molecule has 3 aromatic carbocycles. The zero-order valence-corrected chi connectivity index (χ0v) is 14.0. The quantitative estimate of drug-likeness (QED) is 0.533. The molecule has 7 nitrogen and oxygen atoms in total. The van der Waals surface area contributed by atoms with Crippen LogP contribution in [0.2, 0.25) is 0 Å². The van der Waals surface area contributed by atoms with Crippen molar-refractivity contribution in [2.75, 3.05) is 5.32 Å². The summed E-state index contributed by atoms with van der Waals surface area (Å²) in [5, 5.41) is 22.3. The predicted molar refractivity (Wildman–Crippen MR) is 98.7 cm³/mol. The number of benzene rings is 3. The summed E-state index contributed by atoms with van der Waals surface area (Å²) in [5.74, 6) is 0.630. The van der Waals surface area contributed by atoms with E-state index in [-0.39, 0.29) is 11.6 Å². The van der Waals surface area contributed by atoms with Gasteiger partial charge in [-0.3, -0.25) is 14.9 Å². The van der Waals surface area contributed by atoms with Crippen LogP contribution in [0.1, 0.15) is 15.9 Å². The minimum absolute atomic E-state index is 0.0187. The number of rotatable bonds is 5. The third kappa shape index (κ3) is 4.46. The van der Waals surface area contributed by atoms with Gasteiger partial charge in [0.15, 0.2) is 0 Å². The summed E-state index contributed by atoms with van der Waals surface area (Å²) >= 11 is 0. The second-order valence-corrected chi connectivity index (χ2v) is 5.52. The lowest BCUT2D eigenvalue weighted by Crippen LogP contribution is -2.11. The molecule has 0 fully saturated rings. The number of nitro groups is 1. The Hall–Kier alpha value is -4.18. The molecule has 0 atom stereocenters. The number of hydrogen-bond donors (Lipinski definition) is 1. The van der Waals surface area contributed by atoms with Gasteiger partial charge in [-0.2, -0.15) is 5.26 Å². The van der Waals surface area contributed by atoms with E-state index >= 15 is 0 Å². The number of hydrogen-bond acceptors (Lipinski definition) is 5. The van der Waals surface area contributed by atoms with Crippen LogP contribution in [-0.2, 0) is 0 Å². The molecule has 0 radical (unpaired) electrons. The molecule has 132 valence electrons. The van der Waals surface area contributed by atoms with Crippen LogP contribution in [0, 0.1) is 21.4 Å². The molecular weight excluding hydrogens is 346 g/mol. The number of nitrogens with zero attached hydrogens (tertiary/aromatic N) is 2. The summed E-state index contributed by atoms with van der Waals surface area (Å²) in [4.78, 5) is 22.5. The van der Waals surface area contributed by atoms with Crippen molar-refractivity contribution in [3.8, 4) is 17.6 Å². The van der Waals surface area contributed by atoms with Crippen LogP contribution >= 0.6 is 0 Å². The number of anilines is 1. The maximum absolute atomic E-state index is 12.3. The highest BCUT2D eigenvalue weighted by Crippen LogP contribution is 2.24. The Bertz CT molecular complexity index is 1020. The Morgan fingerprint density at radius 2 is 1.63 bits per heavy atom. The molecule has 7 heteroatoms. The summed E-state index contributed by atoms with van der Waals surface area (Å²) in [6.45, 7) is 0. The van der Waals surface area contributed by atoms with Gasteiger partial charge in [0.2, 0.25) is 0 Å². The molecule has 0 aliphatic carbocycles. The summed E-state index contributed by atoms with van der Waals surface area (Å²) in [7, 11) is 0. The molecule has 0 saturated heterocycles. The van der Waals surface area contributed by atoms with Crippen molar-refractivity contribution < 1.29 is 14.5 Å². The van der Waals surface area contributed by atoms with E-state index in [1.54, 1.807) is 48.5 Å². The van der Waals surface area contributed by atoms with E-state index < -0.39 is 4.92 Å². The molecule has 0 spiro atoms. The molecule has 3 rings (SSSR count). The number of nitrogens with one attached hydrogen (secondary N) is 1. The Labute approximate surface area is 154 Å². The molecule has 1 amide bonds. The highest BCUT2D eigenvalue weighted by molar-refractivity contribution is 6.04. The predicted octanol–water partition coefficient (Wildman–Crippen LogP) is 4.51. The minimum Gasteiger partial charge on any atom is -0.457 e. The molecule has 0 unspecified atom stereocenters. The number of nitro benzene ring substituents is 1. The van der Waals surface area contributed by atoms with E-state index in [1.165, 1.54) is 24.3 Å². The number of amides is 1. The maximum atomic E-state index is 12.3. The van der Waals surface area contributed by atoms with Gasteiger partial charge >= 0.3 is 0 Å². The van der Waals surface area contributed by atoms with Crippen molar-refractivity contribution >= 4 is 17.3 Å². The molecule has 3 aromatic rings. The maximum Gasteiger partial charge on any atom is 0.269 e. The lowest BCUT2D eigenvalue weighted by Gasteiger charge is -2.08. The number of non-ortho nitro benzene ring substituents is 1. The van der Waals surface area contributed by atoms with Gasteiger partial charge in [-0.15, -0.1) is 0 Å². The van der Waals surface area contributed by atoms with Gasteiger partial charge in [0.25, 0.3) is 11.6 Å². The first-order valence-corrected chi connectivity index (χ1v) is 7.89. The van der Waals surface area contributed by atoms with Crippen molar-refractivity contribution in [1.29, 1.82) is 5.26 Å². The first-order chi connectivity index (χ1) is 13.0. The monoisotopic (exact) mass is 359 g/mol. The van der Waals surface area contributed by atoms with Crippen LogP contribution in [0.4, 0.5) is 11.4 Å². The van der Waals surface area contributed by atoms with Gasteiger partial charge in [0, 0.05) is 23.4 Å². The SMILES string of the molecule is N#Cc1cccc(NC(=O)c2ccc(Oc3ccc([N+](=O)[O-])cc3)cc2)c1. The van der Waals surface area contributed by atoms with Crippen molar-refractivity contribution in [2.24, 2.45) is 0 Å². The highest BCUT2D eigenvalue weighted by atomic mass is 16.6. The summed E-state index contributed by atoms with van der Waals surface area (Å²) in [6.07, 6.45) is 0. The van der Waals surface area contributed by atoms with Gasteiger partial charge in [0.1, 0.15) is 11.5 Å². The molecule has 0 saturated carbocycles. The fourth-order valence-corrected chi connectivity index (χ4v) is 2.32. The first-order valence-electron chi connectivity index (χ1n) is 7.89. The smallest absolute Gasteiger partial charge is 0.269 e. The fourth-order valence-electron chi connectivity index (χ4n) is 2.32. The molecule has 1 N–H and O–H groups in total. The molecule has 0 bridgehead atoms. The Kier molecular flexibility index (Phi) is 5.10. The van der Waals surface area contributed by atoms with Crippen molar-refractivity contribution in [3.05, 3.63) is 94.0 Å². The summed E-state index contributed by atoms with van der Waals surface area (Å²) < 4.78 is 5.61. The molecule has 27 heavy (non-hydrogen) atoms. The standard InChI is InChI=1S/C20H13N3O4/c21-13-14-2-1-3-16(12-14)22-20(24)15-4-8-18(9-5-15)27-19-10-6-17(7-11-19)23(25)26/h1-12H,(H,22,24). The van der Waals surface area contributed by atoms with Crippen LogP contribution in [0.3, 0.4) is 0 Å². The van der Waals surface area contributed by atoms with Gasteiger partial charge in [-0.1, -0.05) is 6.07 Å².